The molecule has 0 aromatic heterocycles. The van der Waals surface area contributed by atoms with E-state index in [1.165, 1.54) is 4.90 Å². The summed E-state index contributed by atoms with van der Waals surface area (Å²) in [7, 11) is 0. The van der Waals surface area contributed by atoms with E-state index in [4.69, 9.17) is 9.47 Å². The minimum absolute atomic E-state index is 0.263. The molecule has 4 heteroatoms. The molecule has 0 aliphatic rings. The third-order valence-electron chi connectivity index (χ3n) is 4.71. The van der Waals surface area contributed by atoms with E-state index in [0.29, 0.717) is 0 Å². The normalized spacial score (nSPS) is 11.9. The molecule has 0 spiro atoms. The van der Waals surface area contributed by atoms with E-state index in [2.05, 4.69) is 55.1 Å². The lowest BCUT2D eigenvalue weighted by Gasteiger charge is -2.17. The minimum Gasteiger partial charge on any atom is -0.488 e. The molecule has 0 aliphatic carbocycles. The van der Waals surface area contributed by atoms with E-state index in [1.807, 2.05) is 37.3 Å². The van der Waals surface area contributed by atoms with Gasteiger partial charge in [-0.1, -0.05) is 66.9 Å². The number of rotatable bonds is 7. The average molecular weight is 415 g/mol. The lowest BCUT2D eigenvalue weighted by molar-refractivity contribution is -0.143. The summed E-state index contributed by atoms with van der Waals surface area (Å²) >= 11 is 1.72. The van der Waals surface area contributed by atoms with E-state index < -0.39 is 5.97 Å². The van der Waals surface area contributed by atoms with Crippen LogP contribution in [-0.2, 0) is 9.53 Å². The number of carbonyl (C=O) groups excluding carboxylic acids is 1. The van der Waals surface area contributed by atoms with Crippen molar-refractivity contribution in [1.82, 2.24) is 0 Å². The number of esters is 1. The van der Waals surface area contributed by atoms with Gasteiger partial charge in [0.25, 0.3) is 0 Å². The smallest absolute Gasteiger partial charge is 0.330 e. The van der Waals surface area contributed by atoms with Crippen molar-refractivity contribution in [3.8, 4) is 5.75 Å². The van der Waals surface area contributed by atoms with Gasteiger partial charge in [-0.15, -0.1) is 0 Å². The molecule has 1 atom stereocenters. The number of hydrogen-bond acceptors (Lipinski definition) is 4. The molecular formula is C26H22O3S. The number of fused-ring (bicyclic) bond motifs is 2. The Morgan fingerprint density at radius 1 is 0.933 bits per heavy atom. The van der Waals surface area contributed by atoms with Crippen LogP contribution in [0.5, 0.6) is 5.75 Å². The Kier molecular flexibility index (Phi) is 6.05. The molecule has 4 rings (SSSR count). The van der Waals surface area contributed by atoms with Gasteiger partial charge in [0.15, 0.2) is 0 Å². The Bertz CT molecular complexity index is 1200. The van der Waals surface area contributed by atoms with E-state index in [-0.39, 0.29) is 12.7 Å². The first kappa shape index (κ1) is 20.0. The Morgan fingerprint density at radius 2 is 1.67 bits per heavy atom. The van der Waals surface area contributed by atoms with Crippen LogP contribution in [0.15, 0.2) is 101 Å². The van der Waals surface area contributed by atoms with Crippen molar-refractivity contribution in [1.29, 1.82) is 0 Å². The van der Waals surface area contributed by atoms with Crippen LogP contribution in [-0.4, -0.2) is 18.7 Å². The SMILES string of the molecule is C=CC(=O)OC(C)COc1c2ccccc2cc2ccc(Sc3ccccc3)cc12. The Balaban J connectivity index is 1.72. The van der Waals surface area contributed by atoms with Gasteiger partial charge in [-0.05, 0) is 48.0 Å². The molecular weight excluding hydrogens is 392 g/mol. The standard InChI is InChI=1S/C26H22O3S/c1-3-25(27)29-18(2)17-28-26-23-12-8-7-9-19(23)15-20-13-14-22(16-24(20)26)30-21-10-5-4-6-11-21/h3-16,18H,1,17H2,2H3. The summed E-state index contributed by atoms with van der Waals surface area (Å²) < 4.78 is 11.5. The first-order valence-electron chi connectivity index (χ1n) is 9.78. The molecule has 4 aromatic carbocycles. The van der Waals surface area contributed by atoms with E-state index in [1.54, 1.807) is 11.8 Å². The van der Waals surface area contributed by atoms with Crippen molar-refractivity contribution in [3.63, 3.8) is 0 Å². The average Bonchev–Trinajstić information content (AvgIpc) is 2.77. The summed E-state index contributed by atoms with van der Waals surface area (Å²) in [5, 5.41) is 4.29. The van der Waals surface area contributed by atoms with Crippen LogP contribution in [0.1, 0.15) is 6.92 Å². The monoisotopic (exact) mass is 414 g/mol. The molecule has 0 N–H and O–H groups in total. The van der Waals surface area contributed by atoms with Gasteiger partial charge >= 0.3 is 5.97 Å². The summed E-state index contributed by atoms with van der Waals surface area (Å²) in [6, 6.07) is 27.1. The Hall–Kier alpha value is -3.24. The number of hydrogen-bond donors (Lipinski definition) is 0. The lowest BCUT2D eigenvalue weighted by atomic mass is 10.0. The van der Waals surface area contributed by atoms with E-state index >= 15 is 0 Å². The summed E-state index contributed by atoms with van der Waals surface area (Å²) in [4.78, 5) is 13.8. The second-order valence-electron chi connectivity index (χ2n) is 6.99. The molecule has 4 aromatic rings. The van der Waals surface area contributed by atoms with Crippen LogP contribution in [0.2, 0.25) is 0 Å². The van der Waals surface area contributed by atoms with E-state index in [9.17, 15) is 4.79 Å². The van der Waals surface area contributed by atoms with Gasteiger partial charge in [-0.3, -0.25) is 0 Å². The van der Waals surface area contributed by atoms with Crippen LogP contribution < -0.4 is 4.74 Å². The van der Waals surface area contributed by atoms with E-state index in [0.717, 1.165) is 38.3 Å². The van der Waals surface area contributed by atoms with Crippen LogP contribution in [0, 0.1) is 0 Å². The second kappa shape index (κ2) is 9.06. The number of carbonyl (C=O) groups is 1. The molecule has 0 saturated carbocycles. The Morgan fingerprint density at radius 3 is 2.47 bits per heavy atom. The maximum atomic E-state index is 11.5. The second-order valence-corrected chi connectivity index (χ2v) is 8.13. The van der Waals surface area contributed by atoms with Gasteiger partial charge in [0.05, 0.1) is 0 Å². The molecule has 1 unspecified atom stereocenters. The lowest BCUT2D eigenvalue weighted by Crippen LogP contribution is -2.21. The summed E-state index contributed by atoms with van der Waals surface area (Å²) in [5.41, 5.74) is 0. The van der Waals surface area contributed by atoms with Gasteiger partial charge in [0, 0.05) is 26.6 Å². The number of ether oxygens (including phenoxy) is 2. The van der Waals surface area contributed by atoms with Crippen molar-refractivity contribution in [2.24, 2.45) is 0 Å². The maximum Gasteiger partial charge on any atom is 0.330 e. The summed E-state index contributed by atoms with van der Waals surface area (Å²) in [6.07, 6.45) is 0.781. The van der Waals surface area contributed by atoms with Crippen LogP contribution >= 0.6 is 11.8 Å². The fraction of sp³-hybridized carbons (Fsp3) is 0.115. The zero-order valence-corrected chi connectivity index (χ0v) is 17.5. The highest BCUT2D eigenvalue weighted by atomic mass is 32.2. The van der Waals surface area contributed by atoms with Crippen LogP contribution in [0.25, 0.3) is 21.5 Å². The largest absolute Gasteiger partial charge is 0.488 e. The fourth-order valence-corrected chi connectivity index (χ4v) is 4.20. The first-order valence-corrected chi connectivity index (χ1v) is 10.6. The molecule has 3 nitrogen and oxygen atoms in total. The summed E-state index contributed by atoms with van der Waals surface area (Å²) in [6.45, 7) is 5.51. The van der Waals surface area contributed by atoms with Crippen LogP contribution in [0.4, 0.5) is 0 Å². The summed E-state index contributed by atoms with van der Waals surface area (Å²) in [5.74, 6) is 0.357. The fourth-order valence-electron chi connectivity index (χ4n) is 3.32. The third-order valence-corrected chi connectivity index (χ3v) is 5.71. The molecule has 0 bridgehead atoms. The van der Waals surface area contributed by atoms with Gasteiger partial charge in [-0.2, -0.15) is 0 Å². The zero-order chi connectivity index (χ0) is 20.9. The topological polar surface area (TPSA) is 35.5 Å². The van der Waals surface area contributed by atoms with Gasteiger partial charge < -0.3 is 9.47 Å². The van der Waals surface area contributed by atoms with Crippen molar-refractivity contribution < 1.29 is 14.3 Å². The molecule has 0 saturated heterocycles. The minimum atomic E-state index is -0.449. The maximum absolute atomic E-state index is 11.5. The predicted molar refractivity (Wildman–Crippen MR) is 123 cm³/mol. The molecule has 150 valence electrons. The van der Waals surface area contributed by atoms with Crippen molar-refractivity contribution in [2.45, 2.75) is 22.8 Å². The van der Waals surface area contributed by atoms with Gasteiger partial charge in [-0.25, -0.2) is 4.79 Å². The van der Waals surface area contributed by atoms with Crippen molar-refractivity contribution in [2.75, 3.05) is 6.61 Å². The zero-order valence-electron chi connectivity index (χ0n) is 16.7. The van der Waals surface area contributed by atoms with Gasteiger partial charge in [0.1, 0.15) is 18.5 Å². The third kappa shape index (κ3) is 4.50. The highest BCUT2D eigenvalue weighted by Gasteiger charge is 2.13. The molecule has 30 heavy (non-hydrogen) atoms. The molecule has 0 heterocycles. The van der Waals surface area contributed by atoms with Gasteiger partial charge in [0.2, 0.25) is 0 Å². The Labute approximate surface area is 180 Å². The highest BCUT2D eigenvalue weighted by Crippen LogP contribution is 2.38. The molecule has 0 aliphatic heterocycles. The first-order chi connectivity index (χ1) is 14.6. The van der Waals surface area contributed by atoms with Crippen molar-refractivity contribution >= 4 is 39.3 Å². The van der Waals surface area contributed by atoms with Crippen molar-refractivity contribution in [3.05, 3.63) is 91.5 Å². The molecule has 0 radical (unpaired) electrons. The molecule has 0 amide bonds. The quantitative estimate of drug-likeness (QED) is 0.193. The number of benzene rings is 4. The molecule has 0 fully saturated rings. The van der Waals surface area contributed by atoms with Crippen LogP contribution in [0.3, 0.4) is 0 Å². The highest BCUT2D eigenvalue weighted by molar-refractivity contribution is 7.99. The predicted octanol–water partition coefficient (Wildman–Crippen LogP) is 6.64.